The number of amides is 1. The second kappa shape index (κ2) is 5.30. The van der Waals surface area contributed by atoms with Crippen molar-refractivity contribution in [2.75, 3.05) is 16.0 Å². The number of aromatic nitrogens is 2. The summed E-state index contributed by atoms with van der Waals surface area (Å²) in [6, 6.07) is 7.73. The minimum absolute atomic E-state index is 0.0931. The maximum absolute atomic E-state index is 12.0. The van der Waals surface area contributed by atoms with Crippen LogP contribution in [0.2, 0.25) is 0 Å². The molecule has 3 rings (SSSR count). The number of rotatable bonds is 3. The van der Waals surface area contributed by atoms with Crippen LogP contribution in [-0.2, 0) is 4.74 Å². The molecule has 0 N–H and O–H groups in total. The molecule has 1 unspecified atom stereocenters. The van der Waals surface area contributed by atoms with Gasteiger partial charge in [0.1, 0.15) is 11.8 Å². The van der Waals surface area contributed by atoms with Gasteiger partial charge in [0.25, 0.3) is 0 Å². The summed E-state index contributed by atoms with van der Waals surface area (Å²) in [7, 11) is 0. The van der Waals surface area contributed by atoms with Gasteiger partial charge in [-0.3, -0.25) is 0 Å². The van der Waals surface area contributed by atoms with Gasteiger partial charge in [-0.25, -0.2) is 4.79 Å². The maximum Gasteiger partial charge on any atom is 0.430 e. The Balaban J connectivity index is 2.12. The van der Waals surface area contributed by atoms with Gasteiger partial charge in [-0.15, -0.1) is 5.73 Å². The monoisotopic (exact) mass is 381 g/mol. The van der Waals surface area contributed by atoms with E-state index in [1.165, 1.54) is 5.01 Å². The van der Waals surface area contributed by atoms with E-state index >= 15 is 0 Å². The van der Waals surface area contributed by atoms with Crippen LogP contribution in [0.15, 0.2) is 36.6 Å². The lowest BCUT2D eigenvalue weighted by Gasteiger charge is -2.13. The third-order valence-corrected chi connectivity index (χ3v) is 4.07. The summed E-state index contributed by atoms with van der Waals surface area (Å²) in [5.41, 5.74) is 4.32. The van der Waals surface area contributed by atoms with Crippen molar-refractivity contribution in [1.82, 2.24) is 9.89 Å². The van der Waals surface area contributed by atoms with Crippen molar-refractivity contribution in [2.24, 2.45) is 0 Å². The van der Waals surface area contributed by atoms with E-state index < -0.39 is 0 Å². The van der Waals surface area contributed by atoms with Crippen molar-refractivity contribution in [3.8, 4) is 0 Å². The molecule has 1 fully saturated rings. The molecule has 1 saturated heterocycles. The average molecular weight is 381 g/mol. The number of fused-ring (bicyclic) bond motifs is 1. The van der Waals surface area contributed by atoms with Gasteiger partial charge >= 0.3 is 6.09 Å². The predicted molar refractivity (Wildman–Crippen MR) is 85.6 cm³/mol. The molecule has 1 aliphatic heterocycles. The molecule has 0 radical (unpaired) electrons. The van der Waals surface area contributed by atoms with E-state index in [0.717, 1.165) is 21.0 Å². The number of carbonyl (C=O) groups excluding carboxylic acids is 1. The first-order valence-electron chi connectivity index (χ1n) is 6.12. The van der Waals surface area contributed by atoms with Gasteiger partial charge in [-0.05, 0) is 6.07 Å². The first kappa shape index (κ1) is 13.2. The third-order valence-electron chi connectivity index (χ3n) is 3.09. The molecule has 0 spiro atoms. The largest absolute Gasteiger partial charge is 0.442 e. The standard InChI is InChI=1S/C14H12IN3O2/c1-2-5-12-11-6-3-4-7-13(11)18(16-12)17-9-10(8-15)20-14(17)19/h3-7,10H,1,8-9H2. The fourth-order valence-corrected chi connectivity index (χ4v) is 2.66. The van der Waals surface area contributed by atoms with Crippen LogP contribution in [0, 0.1) is 0 Å². The minimum atomic E-state index is -0.367. The second-order valence-corrected chi connectivity index (χ2v) is 5.26. The highest BCUT2D eigenvalue weighted by atomic mass is 127. The first-order chi connectivity index (χ1) is 9.74. The van der Waals surface area contributed by atoms with Crippen molar-refractivity contribution in [3.63, 3.8) is 0 Å². The third kappa shape index (κ3) is 2.10. The minimum Gasteiger partial charge on any atom is -0.442 e. The van der Waals surface area contributed by atoms with E-state index in [2.05, 4.69) is 40.0 Å². The Bertz CT molecular complexity index is 718. The van der Waals surface area contributed by atoms with Gasteiger partial charge in [0.05, 0.1) is 12.1 Å². The molecule has 1 atom stereocenters. The van der Waals surface area contributed by atoms with Crippen molar-refractivity contribution >= 4 is 45.7 Å². The van der Waals surface area contributed by atoms with Crippen LogP contribution < -0.4 is 5.01 Å². The highest BCUT2D eigenvalue weighted by Gasteiger charge is 2.33. The van der Waals surface area contributed by atoms with Gasteiger partial charge in [0.2, 0.25) is 0 Å². The van der Waals surface area contributed by atoms with Crippen molar-refractivity contribution in [3.05, 3.63) is 42.3 Å². The molecule has 5 nitrogen and oxygen atoms in total. The quantitative estimate of drug-likeness (QED) is 0.467. The smallest absolute Gasteiger partial charge is 0.430 e. The molecule has 102 valence electrons. The summed E-state index contributed by atoms with van der Waals surface area (Å²) in [5, 5.41) is 6.93. The Morgan fingerprint density at radius 2 is 2.35 bits per heavy atom. The summed E-state index contributed by atoms with van der Waals surface area (Å²) in [6.07, 6.45) is 1.24. The zero-order valence-electron chi connectivity index (χ0n) is 10.6. The molecule has 1 aliphatic rings. The highest BCUT2D eigenvalue weighted by Crippen LogP contribution is 2.22. The number of hydrogen-bond donors (Lipinski definition) is 0. The Hall–Kier alpha value is -1.79. The fraction of sp³-hybridized carbons (Fsp3) is 0.214. The summed E-state index contributed by atoms with van der Waals surface area (Å²) in [4.78, 5) is 13.6. The number of hydrogen-bond acceptors (Lipinski definition) is 3. The summed E-state index contributed by atoms with van der Waals surface area (Å²) >= 11 is 2.21. The number of alkyl halides is 1. The van der Waals surface area contributed by atoms with Gasteiger partial charge in [0.15, 0.2) is 0 Å². The van der Waals surface area contributed by atoms with Crippen LogP contribution in [-0.4, -0.2) is 33.1 Å². The SMILES string of the molecule is C=C=Cc1nn(N2CC(CI)OC2=O)c2ccccc12. The van der Waals surface area contributed by atoms with Crippen LogP contribution in [0.5, 0.6) is 0 Å². The molecular weight excluding hydrogens is 369 g/mol. The molecule has 1 amide bonds. The van der Waals surface area contributed by atoms with Crippen LogP contribution in [0.3, 0.4) is 0 Å². The van der Waals surface area contributed by atoms with Gasteiger partial charge in [-0.2, -0.15) is 14.9 Å². The number of ether oxygens (including phenoxy) is 1. The Labute approximate surface area is 129 Å². The van der Waals surface area contributed by atoms with Gasteiger partial charge in [-0.1, -0.05) is 47.4 Å². The highest BCUT2D eigenvalue weighted by molar-refractivity contribution is 14.1. The van der Waals surface area contributed by atoms with Crippen LogP contribution in [0.1, 0.15) is 5.69 Å². The second-order valence-electron chi connectivity index (χ2n) is 4.38. The van der Waals surface area contributed by atoms with E-state index in [1.54, 1.807) is 10.9 Å². The number of cyclic esters (lactones) is 1. The number of carbonyl (C=O) groups is 1. The molecular formula is C14H12IN3O2. The molecule has 1 aromatic heterocycles. The maximum atomic E-state index is 12.0. The molecule has 2 aromatic rings. The van der Waals surface area contributed by atoms with Gasteiger partial charge < -0.3 is 4.74 Å². The zero-order chi connectivity index (χ0) is 14.1. The lowest BCUT2D eigenvalue weighted by atomic mass is 10.2. The molecule has 0 aliphatic carbocycles. The Morgan fingerprint density at radius 3 is 3.05 bits per heavy atom. The average Bonchev–Trinajstić information content (AvgIpc) is 3.01. The zero-order valence-corrected chi connectivity index (χ0v) is 12.8. The van der Waals surface area contributed by atoms with Crippen molar-refractivity contribution < 1.29 is 9.53 Å². The molecule has 6 heteroatoms. The van der Waals surface area contributed by atoms with E-state index in [9.17, 15) is 4.79 Å². The fourth-order valence-electron chi connectivity index (χ4n) is 2.20. The van der Waals surface area contributed by atoms with Crippen LogP contribution in [0.25, 0.3) is 17.0 Å². The lowest BCUT2D eigenvalue weighted by molar-refractivity contribution is 0.151. The summed E-state index contributed by atoms with van der Waals surface area (Å²) in [5.74, 6) is 0. The number of benzene rings is 1. The molecule has 0 saturated carbocycles. The summed E-state index contributed by atoms with van der Waals surface area (Å²) < 4.78 is 6.04. The first-order valence-corrected chi connectivity index (χ1v) is 7.65. The van der Waals surface area contributed by atoms with E-state index in [1.807, 2.05) is 24.3 Å². The molecule has 20 heavy (non-hydrogen) atoms. The molecule has 1 aromatic carbocycles. The van der Waals surface area contributed by atoms with E-state index in [-0.39, 0.29) is 12.2 Å². The number of halogens is 1. The molecule has 2 heterocycles. The van der Waals surface area contributed by atoms with Crippen molar-refractivity contribution in [1.29, 1.82) is 0 Å². The number of nitrogens with zero attached hydrogens (tertiary/aromatic N) is 3. The topological polar surface area (TPSA) is 47.4 Å². The predicted octanol–water partition coefficient (Wildman–Crippen LogP) is 2.73. The van der Waals surface area contributed by atoms with E-state index in [0.29, 0.717) is 6.54 Å². The molecule has 0 bridgehead atoms. The van der Waals surface area contributed by atoms with Crippen LogP contribution >= 0.6 is 22.6 Å². The van der Waals surface area contributed by atoms with Crippen molar-refractivity contribution in [2.45, 2.75) is 6.10 Å². The van der Waals surface area contributed by atoms with Crippen LogP contribution in [0.4, 0.5) is 4.79 Å². The summed E-state index contributed by atoms with van der Waals surface area (Å²) in [6.45, 7) is 4.08. The van der Waals surface area contributed by atoms with E-state index in [4.69, 9.17) is 4.74 Å². The number of para-hydroxylation sites is 1. The Morgan fingerprint density at radius 1 is 1.55 bits per heavy atom. The lowest BCUT2D eigenvalue weighted by Crippen LogP contribution is -2.37. The normalized spacial score (nSPS) is 18.1. The van der Waals surface area contributed by atoms with Gasteiger partial charge in [0, 0.05) is 15.9 Å². The Kier molecular flexibility index (Phi) is 3.50.